The molecule has 0 fully saturated rings. The van der Waals surface area contributed by atoms with Crippen LogP contribution < -0.4 is 5.32 Å². The van der Waals surface area contributed by atoms with Crippen molar-refractivity contribution in [2.75, 3.05) is 5.32 Å². The summed E-state index contributed by atoms with van der Waals surface area (Å²) in [7, 11) is -3.73. The molecule has 0 saturated heterocycles. The van der Waals surface area contributed by atoms with E-state index >= 15 is 0 Å². The Hall–Kier alpha value is -1.99. The van der Waals surface area contributed by atoms with Gasteiger partial charge in [-0.25, -0.2) is 12.8 Å². The van der Waals surface area contributed by atoms with E-state index in [-0.39, 0.29) is 11.3 Å². The highest BCUT2D eigenvalue weighted by Crippen LogP contribution is 2.34. The van der Waals surface area contributed by atoms with Gasteiger partial charge in [0.1, 0.15) is 5.82 Å². The monoisotopic (exact) mass is 395 g/mol. The molecule has 0 aliphatic carbocycles. The second-order valence-electron chi connectivity index (χ2n) is 5.11. The number of benzene rings is 2. The van der Waals surface area contributed by atoms with E-state index in [2.05, 4.69) is 21.2 Å². The molecule has 118 valence electrons. The lowest BCUT2D eigenvalue weighted by molar-refractivity contribution is -0.110. The third kappa shape index (κ3) is 3.51. The zero-order valence-corrected chi connectivity index (χ0v) is 14.1. The summed E-state index contributed by atoms with van der Waals surface area (Å²) in [4.78, 5) is 12.0. The highest BCUT2D eigenvalue weighted by Gasteiger charge is 2.26. The van der Waals surface area contributed by atoms with E-state index in [9.17, 15) is 17.6 Å². The van der Waals surface area contributed by atoms with Gasteiger partial charge >= 0.3 is 0 Å². The van der Waals surface area contributed by atoms with E-state index in [4.69, 9.17) is 0 Å². The minimum Gasteiger partial charge on any atom is -0.321 e. The predicted molar refractivity (Wildman–Crippen MR) is 89.8 cm³/mol. The van der Waals surface area contributed by atoms with Crippen LogP contribution in [0.4, 0.5) is 10.1 Å². The minimum absolute atomic E-state index is 0.0812. The molecule has 1 N–H and O–H groups in total. The lowest BCUT2D eigenvalue weighted by Crippen LogP contribution is -2.07. The Morgan fingerprint density at radius 3 is 2.70 bits per heavy atom. The maximum absolute atomic E-state index is 13.2. The Labute approximate surface area is 141 Å². The summed E-state index contributed by atoms with van der Waals surface area (Å²) in [5.41, 5.74) is 1.49. The summed E-state index contributed by atoms with van der Waals surface area (Å²) in [6.45, 7) is 0. The first-order valence-electron chi connectivity index (χ1n) is 6.64. The Morgan fingerprint density at radius 2 is 1.96 bits per heavy atom. The molecule has 23 heavy (non-hydrogen) atoms. The standard InChI is InChI=1S/C16H11BrFNO3S/c17-11-4-5-15-13(7-11)14(16(20)19-15)9-23(21,22)8-10-2-1-3-12(18)6-10/h1-7,9H,8H2,(H,19,20). The lowest BCUT2D eigenvalue weighted by Gasteiger charge is -2.02. The van der Waals surface area contributed by atoms with E-state index in [1.54, 1.807) is 18.2 Å². The van der Waals surface area contributed by atoms with Crippen LogP contribution in [-0.4, -0.2) is 14.3 Å². The molecule has 7 heteroatoms. The van der Waals surface area contributed by atoms with Crippen molar-refractivity contribution in [1.29, 1.82) is 0 Å². The van der Waals surface area contributed by atoms with Crippen molar-refractivity contribution in [2.24, 2.45) is 0 Å². The number of rotatable bonds is 3. The molecule has 0 radical (unpaired) electrons. The van der Waals surface area contributed by atoms with Gasteiger partial charge < -0.3 is 5.32 Å². The number of hydrogen-bond donors (Lipinski definition) is 1. The van der Waals surface area contributed by atoms with Gasteiger partial charge in [-0.1, -0.05) is 28.1 Å². The van der Waals surface area contributed by atoms with Crippen LogP contribution in [0.3, 0.4) is 0 Å². The summed E-state index contributed by atoms with van der Waals surface area (Å²) in [5, 5.41) is 3.57. The first kappa shape index (κ1) is 15.9. The number of sulfone groups is 1. The van der Waals surface area contributed by atoms with E-state index in [1.807, 2.05) is 0 Å². The van der Waals surface area contributed by atoms with Crippen molar-refractivity contribution in [3.63, 3.8) is 0 Å². The minimum atomic E-state index is -3.73. The summed E-state index contributed by atoms with van der Waals surface area (Å²) >= 11 is 3.30. The van der Waals surface area contributed by atoms with Gasteiger partial charge in [0.15, 0.2) is 9.84 Å². The van der Waals surface area contributed by atoms with Gasteiger partial charge in [0.25, 0.3) is 5.91 Å². The van der Waals surface area contributed by atoms with Crippen LogP contribution in [0.1, 0.15) is 11.1 Å². The number of anilines is 1. The molecular formula is C16H11BrFNO3S. The van der Waals surface area contributed by atoms with Crippen molar-refractivity contribution in [1.82, 2.24) is 0 Å². The molecule has 1 aliphatic heterocycles. The molecule has 1 amide bonds. The Balaban J connectivity index is 1.98. The number of hydrogen-bond acceptors (Lipinski definition) is 3. The normalized spacial score (nSPS) is 15.6. The molecule has 2 aromatic carbocycles. The van der Waals surface area contributed by atoms with Gasteiger partial charge in [-0.05, 0) is 35.9 Å². The summed E-state index contributed by atoms with van der Waals surface area (Å²) in [6.07, 6.45) is 0. The average molecular weight is 396 g/mol. The number of carbonyl (C=O) groups excluding carboxylic acids is 1. The molecule has 1 heterocycles. The van der Waals surface area contributed by atoms with Crippen molar-refractivity contribution in [3.05, 3.63) is 69.3 Å². The van der Waals surface area contributed by atoms with Crippen LogP contribution in [0.15, 0.2) is 52.3 Å². The topological polar surface area (TPSA) is 63.2 Å². The van der Waals surface area contributed by atoms with Gasteiger partial charge in [0.2, 0.25) is 0 Å². The van der Waals surface area contributed by atoms with Crippen molar-refractivity contribution >= 4 is 42.9 Å². The number of halogens is 2. The molecule has 0 unspecified atom stereocenters. The second kappa shape index (κ2) is 5.90. The Bertz CT molecular complexity index is 938. The SMILES string of the molecule is O=C1Nc2ccc(Br)cc2C1=CS(=O)(=O)Cc1cccc(F)c1. The number of fused-ring (bicyclic) bond motifs is 1. The summed E-state index contributed by atoms with van der Waals surface area (Å²) < 4.78 is 38.5. The molecular weight excluding hydrogens is 385 g/mol. The zero-order chi connectivity index (χ0) is 16.6. The summed E-state index contributed by atoms with van der Waals surface area (Å²) in [6, 6.07) is 10.5. The van der Waals surface area contributed by atoms with Crippen molar-refractivity contribution in [3.8, 4) is 0 Å². The lowest BCUT2D eigenvalue weighted by atomic mass is 10.1. The third-order valence-corrected chi connectivity index (χ3v) is 5.14. The summed E-state index contributed by atoms with van der Waals surface area (Å²) in [5.74, 6) is -1.34. The number of nitrogens with one attached hydrogen (secondary N) is 1. The molecule has 0 spiro atoms. The van der Waals surface area contributed by atoms with Crippen molar-refractivity contribution in [2.45, 2.75) is 5.75 Å². The van der Waals surface area contributed by atoms with Gasteiger partial charge in [-0.15, -0.1) is 0 Å². The van der Waals surface area contributed by atoms with Gasteiger partial charge in [0.05, 0.1) is 11.3 Å². The molecule has 0 atom stereocenters. The Kier molecular flexibility index (Phi) is 4.08. The predicted octanol–water partition coefficient (Wildman–Crippen LogP) is 3.50. The smallest absolute Gasteiger partial charge is 0.257 e. The first-order valence-corrected chi connectivity index (χ1v) is 9.15. The molecule has 0 aromatic heterocycles. The van der Waals surface area contributed by atoms with E-state index in [0.717, 1.165) is 15.9 Å². The van der Waals surface area contributed by atoms with E-state index in [0.29, 0.717) is 16.8 Å². The van der Waals surface area contributed by atoms with Crippen LogP contribution in [0.2, 0.25) is 0 Å². The fourth-order valence-electron chi connectivity index (χ4n) is 2.36. The molecule has 0 bridgehead atoms. The van der Waals surface area contributed by atoms with Crippen molar-refractivity contribution < 1.29 is 17.6 Å². The largest absolute Gasteiger partial charge is 0.321 e. The zero-order valence-electron chi connectivity index (χ0n) is 11.7. The fourth-order valence-corrected chi connectivity index (χ4v) is 4.04. The average Bonchev–Trinajstić information content (AvgIpc) is 2.74. The number of amides is 1. The number of carbonyl (C=O) groups is 1. The van der Waals surface area contributed by atoms with Crippen LogP contribution >= 0.6 is 15.9 Å². The quantitative estimate of drug-likeness (QED) is 0.808. The van der Waals surface area contributed by atoms with Crippen LogP contribution in [0, 0.1) is 5.82 Å². The van der Waals surface area contributed by atoms with Gasteiger partial charge in [0, 0.05) is 21.1 Å². The van der Waals surface area contributed by atoms with Crippen LogP contribution in [0.25, 0.3) is 5.57 Å². The molecule has 4 nitrogen and oxygen atoms in total. The fraction of sp³-hybridized carbons (Fsp3) is 0.0625. The van der Waals surface area contributed by atoms with Crippen LogP contribution in [0.5, 0.6) is 0 Å². The second-order valence-corrected chi connectivity index (χ2v) is 7.88. The van der Waals surface area contributed by atoms with Crippen LogP contribution in [-0.2, 0) is 20.4 Å². The van der Waals surface area contributed by atoms with E-state index in [1.165, 1.54) is 18.2 Å². The molecule has 1 aliphatic rings. The highest BCUT2D eigenvalue weighted by molar-refractivity contribution is 9.10. The molecule has 3 rings (SSSR count). The maximum atomic E-state index is 13.2. The molecule has 2 aromatic rings. The van der Waals surface area contributed by atoms with E-state index < -0.39 is 21.6 Å². The van der Waals surface area contributed by atoms with Gasteiger partial charge in [-0.2, -0.15) is 0 Å². The molecule has 0 saturated carbocycles. The third-order valence-electron chi connectivity index (χ3n) is 3.32. The first-order chi connectivity index (χ1) is 10.8. The maximum Gasteiger partial charge on any atom is 0.257 e. The highest BCUT2D eigenvalue weighted by atomic mass is 79.9. The van der Waals surface area contributed by atoms with Gasteiger partial charge in [-0.3, -0.25) is 4.79 Å². The Morgan fingerprint density at radius 1 is 1.17 bits per heavy atom.